The molecule has 0 saturated heterocycles. The summed E-state index contributed by atoms with van der Waals surface area (Å²) in [5, 5.41) is 10.4. The second-order valence-corrected chi connectivity index (χ2v) is 2.59. The van der Waals surface area contributed by atoms with Gasteiger partial charge in [0.2, 0.25) is 0 Å². The van der Waals surface area contributed by atoms with E-state index >= 15 is 0 Å². The molecule has 0 amide bonds. The average Bonchev–Trinajstić information content (AvgIpc) is 2.04. The normalized spacial score (nSPS) is 12.5. The quantitative estimate of drug-likeness (QED) is 0.649. The molecule has 64 valence electrons. The van der Waals surface area contributed by atoms with E-state index in [-0.39, 0.29) is 5.82 Å². The molecule has 1 atom stereocenters. The summed E-state index contributed by atoms with van der Waals surface area (Å²) in [6.07, 6.45) is 0. The molecule has 0 fully saturated rings. The number of halogens is 1. The molecule has 0 aromatic heterocycles. The number of rotatable bonds is 2. The molecule has 0 aliphatic carbocycles. The van der Waals surface area contributed by atoms with Crippen molar-refractivity contribution in [1.29, 1.82) is 0 Å². The highest BCUT2D eigenvalue weighted by Gasteiger charge is 2.05. The molecular weight excluding hydrogens is 159 g/mol. The molecule has 0 spiro atoms. The highest BCUT2D eigenvalue weighted by molar-refractivity contribution is 5.73. The maximum atomic E-state index is 12.4. The van der Waals surface area contributed by atoms with E-state index in [4.69, 9.17) is 0 Å². The number of aliphatic carboxylic acids is 1. The average molecular weight is 167 g/mol. The second kappa shape index (κ2) is 3.34. The number of hydrogen-bond acceptors (Lipinski definition) is 2. The van der Waals surface area contributed by atoms with Crippen LogP contribution >= 0.6 is 0 Å². The molecule has 0 aliphatic rings. The summed E-state index contributed by atoms with van der Waals surface area (Å²) in [5.41, 5.74) is 0.552. The van der Waals surface area contributed by atoms with Gasteiger partial charge in [-0.25, -0.2) is 4.39 Å². The van der Waals surface area contributed by atoms with E-state index in [1.165, 1.54) is 31.2 Å². The third kappa shape index (κ3) is 1.81. The van der Waals surface area contributed by atoms with Gasteiger partial charge < -0.3 is 9.90 Å². The number of carbonyl (C=O) groups excluding carboxylic acids is 1. The topological polar surface area (TPSA) is 40.1 Å². The Morgan fingerprint density at radius 1 is 1.42 bits per heavy atom. The van der Waals surface area contributed by atoms with Gasteiger partial charge in [0.05, 0.1) is 0 Å². The van der Waals surface area contributed by atoms with Crippen LogP contribution in [0, 0.1) is 5.82 Å². The van der Waals surface area contributed by atoms with Gasteiger partial charge in [-0.1, -0.05) is 19.1 Å². The van der Waals surface area contributed by atoms with Crippen LogP contribution in [0.5, 0.6) is 0 Å². The van der Waals surface area contributed by atoms with Crippen LogP contribution in [-0.2, 0) is 4.79 Å². The van der Waals surface area contributed by atoms with Crippen molar-refractivity contribution in [3.8, 4) is 0 Å². The zero-order chi connectivity index (χ0) is 9.14. The molecule has 1 aromatic carbocycles. The summed E-state index contributed by atoms with van der Waals surface area (Å²) in [6, 6.07) is 5.34. The van der Waals surface area contributed by atoms with E-state index < -0.39 is 11.9 Å². The van der Waals surface area contributed by atoms with Gasteiger partial charge in [0, 0.05) is 11.9 Å². The molecule has 2 nitrogen and oxygen atoms in total. The minimum absolute atomic E-state index is 0.371. The lowest BCUT2D eigenvalue weighted by molar-refractivity contribution is -0.307. The monoisotopic (exact) mass is 167 g/mol. The van der Waals surface area contributed by atoms with E-state index in [1.807, 2.05) is 0 Å². The first-order valence-electron chi connectivity index (χ1n) is 3.57. The van der Waals surface area contributed by atoms with Gasteiger partial charge in [-0.3, -0.25) is 0 Å². The maximum Gasteiger partial charge on any atom is 0.123 e. The molecule has 0 N–H and O–H groups in total. The lowest BCUT2D eigenvalue weighted by atomic mass is 10.0. The van der Waals surface area contributed by atoms with E-state index in [0.717, 1.165) is 0 Å². The minimum atomic E-state index is -1.15. The van der Waals surface area contributed by atoms with Crippen LogP contribution in [-0.4, -0.2) is 5.97 Å². The third-order valence-electron chi connectivity index (χ3n) is 1.72. The van der Waals surface area contributed by atoms with Crippen molar-refractivity contribution in [2.75, 3.05) is 0 Å². The third-order valence-corrected chi connectivity index (χ3v) is 1.72. The zero-order valence-electron chi connectivity index (χ0n) is 6.58. The molecule has 0 heterocycles. The Hall–Kier alpha value is -1.38. The minimum Gasteiger partial charge on any atom is -0.550 e. The fraction of sp³-hybridized carbons (Fsp3) is 0.222. The summed E-state index contributed by atoms with van der Waals surface area (Å²) < 4.78 is 12.4. The maximum absolute atomic E-state index is 12.4. The van der Waals surface area contributed by atoms with E-state index in [9.17, 15) is 14.3 Å². The summed E-state index contributed by atoms with van der Waals surface area (Å²) in [5.74, 6) is -2.21. The van der Waals surface area contributed by atoms with Crippen molar-refractivity contribution in [2.45, 2.75) is 12.8 Å². The van der Waals surface area contributed by atoms with Gasteiger partial charge >= 0.3 is 0 Å². The molecule has 0 unspecified atom stereocenters. The summed E-state index contributed by atoms with van der Waals surface area (Å²) in [7, 11) is 0. The van der Waals surface area contributed by atoms with Gasteiger partial charge in [0.25, 0.3) is 0 Å². The Bertz CT molecular complexity index is 279. The van der Waals surface area contributed by atoms with Crippen LogP contribution in [0.4, 0.5) is 4.39 Å². The number of carboxylic acids is 1. The molecule has 0 aliphatic heterocycles. The van der Waals surface area contributed by atoms with Crippen molar-refractivity contribution in [3.63, 3.8) is 0 Å². The second-order valence-electron chi connectivity index (χ2n) is 2.59. The summed E-state index contributed by atoms with van der Waals surface area (Å²) >= 11 is 0. The van der Waals surface area contributed by atoms with Crippen molar-refractivity contribution < 1.29 is 14.3 Å². The first-order valence-corrected chi connectivity index (χ1v) is 3.57. The van der Waals surface area contributed by atoms with E-state index in [0.29, 0.717) is 5.56 Å². The Morgan fingerprint density at radius 2 is 1.92 bits per heavy atom. The first kappa shape index (κ1) is 8.71. The fourth-order valence-corrected chi connectivity index (χ4v) is 0.888. The van der Waals surface area contributed by atoms with Gasteiger partial charge in [-0.05, 0) is 17.7 Å². The van der Waals surface area contributed by atoms with Gasteiger partial charge in [0.15, 0.2) is 0 Å². The molecule has 0 radical (unpaired) electrons. The predicted octanol–water partition coefficient (Wildman–Crippen LogP) is 0.679. The van der Waals surface area contributed by atoms with Crippen LogP contribution in [0.15, 0.2) is 24.3 Å². The molecule has 1 aromatic rings. The van der Waals surface area contributed by atoms with Crippen LogP contribution in [0.25, 0.3) is 0 Å². The molecular formula is C9H8FO2-. The molecule has 0 saturated carbocycles. The SMILES string of the molecule is C[C@@H](C(=O)[O-])c1ccc(F)cc1. The van der Waals surface area contributed by atoms with Crippen LogP contribution in [0.3, 0.4) is 0 Å². The number of hydrogen-bond donors (Lipinski definition) is 0. The van der Waals surface area contributed by atoms with E-state index in [2.05, 4.69) is 0 Å². The molecule has 0 bridgehead atoms. The van der Waals surface area contributed by atoms with Crippen LogP contribution in [0.1, 0.15) is 18.4 Å². The Morgan fingerprint density at radius 3 is 2.33 bits per heavy atom. The molecule has 1 rings (SSSR count). The van der Waals surface area contributed by atoms with Gasteiger partial charge in [-0.2, -0.15) is 0 Å². The zero-order valence-corrected chi connectivity index (χ0v) is 6.58. The number of carbonyl (C=O) groups is 1. The van der Waals surface area contributed by atoms with Crippen molar-refractivity contribution in [2.24, 2.45) is 0 Å². The Balaban J connectivity index is 2.89. The summed E-state index contributed by atoms with van der Waals surface area (Å²) in [4.78, 5) is 10.4. The van der Waals surface area contributed by atoms with Gasteiger partial charge in [0.1, 0.15) is 5.82 Å². The first-order chi connectivity index (χ1) is 5.61. The highest BCUT2D eigenvalue weighted by atomic mass is 19.1. The van der Waals surface area contributed by atoms with Crippen molar-refractivity contribution in [3.05, 3.63) is 35.6 Å². The fourth-order valence-electron chi connectivity index (χ4n) is 0.888. The number of carboxylic acid groups (broad SMARTS) is 1. The van der Waals surface area contributed by atoms with E-state index in [1.54, 1.807) is 0 Å². The predicted molar refractivity (Wildman–Crippen MR) is 39.8 cm³/mol. The Kier molecular flexibility index (Phi) is 2.43. The van der Waals surface area contributed by atoms with Crippen molar-refractivity contribution >= 4 is 5.97 Å². The van der Waals surface area contributed by atoms with Gasteiger partial charge in [-0.15, -0.1) is 0 Å². The lowest BCUT2D eigenvalue weighted by Gasteiger charge is -2.11. The number of benzene rings is 1. The van der Waals surface area contributed by atoms with Crippen molar-refractivity contribution in [1.82, 2.24) is 0 Å². The summed E-state index contributed by atoms with van der Waals surface area (Å²) in [6.45, 7) is 1.50. The lowest BCUT2D eigenvalue weighted by Crippen LogP contribution is -2.27. The largest absolute Gasteiger partial charge is 0.550 e. The molecule has 3 heteroatoms. The molecule has 12 heavy (non-hydrogen) atoms. The van der Waals surface area contributed by atoms with Crippen LogP contribution < -0.4 is 5.11 Å². The van der Waals surface area contributed by atoms with Crippen LogP contribution in [0.2, 0.25) is 0 Å². The smallest absolute Gasteiger partial charge is 0.123 e. The standard InChI is InChI=1S/C9H9FO2/c1-6(9(11)12)7-2-4-8(10)5-3-7/h2-6H,1H3,(H,11,12)/p-1/t6-/m1/s1. The Labute approximate surface area is 69.6 Å². The highest BCUT2D eigenvalue weighted by Crippen LogP contribution is 2.14.